The summed E-state index contributed by atoms with van der Waals surface area (Å²) in [5.41, 5.74) is 5.83. The molecule has 0 fully saturated rings. The highest BCUT2D eigenvalue weighted by molar-refractivity contribution is 7.91. The zero-order chi connectivity index (χ0) is 33.0. The number of benzene rings is 4. The van der Waals surface area contributed by atoms with Gasteiger partial charge in [0, 0.05) is 34.5 Å². The van der Waals surface area contributed by atoms with Gasteiger partial charge in [-0.05, 0) is 98.5 Å². The number of hydrogen-bond acceptors (Lipinski definition) is 6. The van der Waals surface area contributed by atoms with E-state index in [4.69, 9.17) is 16.6 Å². The number of hydrogen-bond donors (Lipinski definition) is 1. The van der Waals surface area contributed by atoms with Crippen molar-refractivity contribution in [2.45, 2.75) is 38.0 Å². The molecule has 0 saturated heterocycles. The number of nitrogens with zero attached hydrogens (tertiary/aromatic N) is 2. The van der Waals surface area contributed by atoms with Crippen LogP contribution in [0.1, 0.15) is 38.8 Å². The fourth-order valence-electron chi connectivity index (χ4n) is 5.31. The lowest BCUT2D eigenvalue weighted by atomic mass is 9.92. The summed E-state index contributed by atoms with van der Waals surface area (Å²) in [4.78, 5) is 10.5. The van der Waals surface area contributed by atoms with Gasteiger partial charge in [-0.2, -0.15) is 0 Å². The van der Waals surface area contributed by atoms with Crippen molar-refractivity contribution >= 4 is 43.7 Å². The lowest BCUT2D eigenvalue weighted by Gasteiger charge is -2.24. The molecule has 5 nitrogen and oxygen atoms in total. The van der Waals surface area contributed by atoms with Gasteiger partial charge in [0.25, 0.3) is 0 Å². The van der Waals surface area contributed by atoms with Crippen LogP contribution in [0.4, 0.5) is 4.39 Å². The zero-order valence-corrected chi connectivity index (χ0v) is 28.4. The van der Waals surface area contributed by atoms with Crippen molar-refractivity contribution in [1.29, 1.82) is 0 Å². The van der Waals surface area contributed by atoms with Crippen LogP contribution in [0.25, 0.3) is 54.3 Å². The Kier molecular flexibility index (Phi) is 8.13. The highest BCUT2D eigenvalue weighted by Gasteiger charge is 2.33. The van der Waals surface area contributed by atoms with Gasteiger partial charge < -0.3 is 5.11 Å². The van der Waals surface area contributed by atoms with Gasteiger partial charge >= 0.3 is 0 Å². The second kappa shape index (κ2) is 11.7. The third-order valence-electron chi connectivity index (χ3n) is 8.40. The summed E-state index contributed by atoms with van der Waals surface area (Å²) in [6.45, 7) is 6.90. The summed E-state index contributed by atoms with van der Waals surface area (Å²) >= 11 is 7.71. The molecule has 46 heavy (non-hydrogen) atoms. The molecular weight excluding hydrogens is 639 g/mol. The summed E-state index contributed by atoms with van der Waals surface area (Å²) in [6, 6.07) is 27.7. The van der Waals surface area contributed by atoms with Crippen molar-refractivity contribution in [1.82, 2.24) is 9.97 Å². The van der Waals surface area contributed by atoms with E-state index in [2.05, 4.69) is 4.98 Å². The Balaban J connectivity index is 1.56. The molecular formula is C37H32ClFN2O3S2. The molecule has 6 aromatic rings. The van der Waals surface area contributed by atoms with Crippen molar-refractivity contribution in [3.8, 4) is 43.4 Å². The first-order chi connectivity index (χ1) is 21.6. The highest BCUT2D eigenvalue weighted by atomic mass is 35.5. The second-order valence-corrected chi connectivity index (χ2v) is 16.4. The smallest absolute Gasteiger partial charge is 0.156 e. The van der Waals surface area contributed by atoms with Gasteiger partial charge in [0.05, 0.1) is 31.5 Å². The molecule has 4 aromatic carbocycles. The average Bonchev–Trinajstić information content (AvgIpc) is 3.47. The minimum atomic E-state index is -3.43. The first-order valence-electron chi connectivity index (χ1n) is 14.6. The normalized spacial score (nSPS) is 12.5. The number of pyridine rings is 1. The first-order valence-corrected chi connectivity index (χ1v) is 17.7. The lowest BCUT2D eigenvalue weighted by molar-refractivity contribution is 0.0786. The minimum absolute atomic E-state index is 0.00127. The van der Waals surface area contributed by atoms with Gasteiger partial charge in [0.15, 0.2) is 9.84 Å². The van der Waals surface area contributed by atoms with E-state index >= 15 is 0 Å². The van der Waals surface area contributed by atoms with Crippen LogP contribution in [-0.2, 0) is 20.2 Å². The van der Waals surface area contributed by atoms with Crippen LogP contribution in [-0.4, -0.2) is 29.7 Å². The molecule has 0 saturated carbocycles. The van der Waals surface area contributed by atoms with E-state index in [1.165, 1.54) is 23.7 Å². The number of aromatic nitrogens is 2. The summed E-state index contributed by atoms with van der Waals surface area (Å²) in [5.74, 6) is -0.515. The van der Waals surface area contributed by atoms with E-state index in [9.17, 15) is 17.9 Å². The predicted octanol–water partition coefficient (Wildman–Crippen LogP) is 9.66. The Morgan fingerprint density at radius 2 is 1.52 bits per heavy atom. The van der Waals surface area contributed by atoms with E-state index in [0.29, 0.717) is 16.8 Å². The van der Waals surface area contributed by atoms with Crippen LogP contribution < -0.4 is 0 Å². The number of thiazole rings is 1. The van der Waals surface area contributed by atoms with E-state index < -0.39 is 26.0 Å². The predicted molar refractivity (Wildman–Crippen MR) is 187 cm³/mol. The van der Waals surface area contributed by atoms with Crippen LogP contribution in [0, 0.1) is 5.82 Å². The molecule has 1 N–H and O–H groups in total. The van der Waals surface area contributed by atoms with Crippen LogP contribution in [0.3, 0.4) is 0 Å². The lowest BCUT2D eigenvalue weighted by Crippen LogP contribution is -2.28. The maximum atomic E-state index is 14.2. The van der Waals surface area contributed by atoms with Crippen LogP contribution in [0.5, 0.6) is 0 Å². The summed E-state index contributed by atoms with van der Waals surface area (Å²) in [5, 5.41) is 12.2. The summed E-state index contributed by atoms with van der Waals surface area (Å²) in [6.07, 6.45) is 2.98. The zero-order valence-electron chi connectivity index (χ0n) is 26.0. The molecule has 9 heteroatoms. The Hall–Kier alpha value is -3.95. The topological polar surface area (TPSA) is 80.2 Å². The first kappa shape index (κ1) is 32.0. The van der Waals surface area contributed by atoms with Gasteiger partial charge in [-0.3, -0.25) is 4.98 Å². The SMILES string of the molecule is CC(C)(O)c1cccc(-c2nc(-c3ccc(F)c(Cl)c3)c(-c3cccc(-c4cc(C(C)(C)S(C)(=O)=O)cc5cccnc45)c3)s2)c1. The average molecular weight is 671 g/mol. The number of aliphatic hydroxyl groups is 1. The Bertz CT molecular complexity index is 2240. The van der Waals surface area contributed by atoms with Crippen molar-refractivity contribution in [3.05, 3.63) is 119 Å². The molecule has 234 valence electrons. The van der Waals surface area contributed by atoms with Gasteiger partial charge in [0.1, 0.15) is 10.8 Å². The molecule has 0 atom stereocenters. The maximum absolute atomic E-state index is 14.2. The van der Waals surface area contributed by atoms with Crippen molar-refractivity contribution in [2.75, 3.05) is 6.26 Å². The summed E-state index contributed by atoms with van der Waals surface area (Å²) in [7, 11) is -3.43. The Morgan fingerprint density at radius 3 is 2.24 bits per heavy atom. The van der Waals surface area contributed by atoms with Crippen LogP contribution in [0.15, 0.2) is 97.2 Å². The molecule has 2 aromatic heterocycles. The molecule has 0 unspecified atom stereocenters. The molecule has 0 amide bonds. The van der Waals surface area contributed by atoms with E-state index in [1.54, 1.807) is 46.0 Å². The van der Waals surface area contributed by atoms with Gasteiger partial charge in [-0.15, -0.1) is 11.3 Å². The fourth-order valence-corrected chi connectivity index (χ4v) is 7.12. The third kappa shape index (κ3) is 5.98. The molecule has 0 spiro atoms. The van der Waals surface area contributed by atoms with Gasteiger partial charge in [0.2, 0.25) is 0 Å². The van der Waals surface area contributed by atoms with Crippen LogP contribution >= 0.6 is 22.9 Å². The summed E-state index contributed by atoms with van der Waals surface area (Å²) < 4.78 is 38.7. The Labute approximate surface area is 277 Å². The molecule has 0 aliphatic carbocycles. The van der Waals surface area contributed by atoms with E-state index in [1.807, 2.05) is 72.8 Å². The van der Waals surface area contributed by atoms with Crippen molar-refractivity contribution in [3.63, 3.8) is 0 Å². The number of fused-ring (bicyclic) bond motifs is 1. The standard InChI is InChI=1S/C37H32ClFN2O3S2/c1-36(2,42)27-13-7-11-26(19-27)35-41-33(24-14-15-31(39)30(38)20-24)34(45-35)25-10-6-9-22(17-25)29-21-28(37(3,4)46(5,43)44)18-23-12-8-16-40-32(23)29/h6-21,42H,1-5H3. The van der Waals surface area contributed by atoms with E-state index in [0.717, 1.165) is 48.6 Å². The third-order valence-corrected chi connectivity index (χ3v) is 11.9. The fraction of sp³-hybridized carbons (Fsp3) is 0.189. The van der Waals surface area contributed by atoms with Gasteiger partial charge in [-0.1, -0.05) is 54.1 Å². The van der Waals surface area contributed by atoms with E-state index in [-0.39, 0.29) is 5.02 Å². The van der Waals surface area contributed by atoms with Gasteiger partial charge in [-0.25, -0.2) is 17.8 Å². The molecule has 0 bridgehead atoms. The monoisotopic (exact) mass is 670 g/mol. The molecule has 6 rings (SSSR count). The van der Waals surface area contributed by atoms with Crippen molar-refractivity contribution < 1.29 is 17.9 Å². The highest BCUT2D eigenvalue weighted by Crippen LogP contribution is 2.44. The second-order valence-electron chi connectivity index (χ2n) is 12.4. The molecule has 0 aliphatic heterocycles. The largest absolute Gasteiger partial charge is 0.386 e. The molecule has 0 aliphatic rings. The van der Waals surface area contributed by atoms with Crippen LogP contribution in [0.2, 0.25) is 5.02 Å². The minimum Gasteiger partial charge on any atom is -0.386 e. The maximum Gasteiger partial charge on any atom is 0.156 e. The quantitative estimate of drug-likeness (QED) is 0.183. The molecule has 2 heterocycles. The number of sulfone groups is 1. The molecule has 0 radical (unpaired) electrons. The number of rotatable bonds is 7. The Morgan fingerprint density at radius 1 is 0.804 bits per heavy atom. The number of halogens is 2. The van der Waals surface area contributed by atoms with Crippen molar-refractivity contribution in [2.24, 2.45) is 0 Å².